The molecule has 1 amide bonds. The van der Waals surface area contributed by atoms with Crippen molar-refractivity contribution < 1.29 is 4.79 Å². The topological polar surface area (TPSA) is 58.9 Å². The van der Waals surface area contributed by atoms with Gasteiger partial charge in [0.15, 0.2) is 0 Å². The molecule has 1 aromatic carbocycles. The number of rotatable bonds is 6. The maximum Gasteiger partial charge on any atom is 0.254 e. The second-order valence-electron chi connectivity index (χ2n) is 4.81. The molecule has 2 rings (SSSR count). The summed E-state index contributed by atoms with van der Waals surface area (Å²) in [4.78, 5) is 11.9. The third-order valence-electron chi connectivity index (χ3n) is 3.14. The summed E-state index contributed by atoms with van der Waals surface area (Å²) in [5.41, 5.74) is 1.75. The average molecular weight is 272 g/mol. The Morgan fingerprint density at radius 2 is 2.10 bits per heavy atom. The Kier molecular flexibility index (Phi) is 4.90. The lowest BCUT2D eigenvalue weighted by molar-refractivity contribution is 0.0950. The molecule has 1 unspecified atom stereocenters. The Bertz CT molecular complexity index is 550. The molecule has 0 saturated carbocycles. The number of amides is 1. The van der Waals surface area contributed by atoms with Crippen LogP contribution in [0.2, 0.25) is 0 Å². The quantitative estimate of drug-likeness (QED) is 0.832. The first kappa shape index (κ1) is 14.3. The van der Waals surface area contributed by atoms with Gasteiger partial charge < -0.3 is 10.6 Å². The predicted octanol–water partition coefficient (Wildman–Crippen LogP) is 1.27. The maximum atomic E-state index is 11.9. The molecule has 1 atom stereocenters. The lowest BCUT2D eigenvalue weighted by atomic mass is 10.2. The van der Waals surface area contributed by atoms with Crippen LogP contribution in [-0.2, 0) is 6.54 Å². The summed E-state index contributed by atoms with van der Waals surface area (Å²) < 4.78 is 1.77. The van der Waals surface area contributed by atoms with Crippen molar-refractivity contribution in [1.29, 1.82) is 0 Å². The first-order valence-corrected chi connectivity index (χ1v) is 6.71. The molecule has 0 bridgehead atoms. The van der Waals surface area contributed by atoms with Crippen LogP contribution in [0.4, 0.5) is 0 Å². The van der Waals surface area contributed by atoms with Crippen molar-refractivity contribution in [2.45, 2.75) is 19.5 Å². The van der Waals surface area contributed by atoms with Gasteiger partial charge in [-0.3, -0.25) is 9.48 Å². The molecule has 0 fully saturated rings. The predicted molar refractivity (Wildman–Crippen MR) is 78.6 cm³/mol. The summed E-state index contributed by atoms with van der Waals surface area (Å²) in [6.07, 6.45) is 3.37. The summed E-state index contributed by atoms with van der Waals surface area (Å²) in [6, 6.07) is 10.3. The van der Waals surface area contributed by atoms with Gasteiger partial charge in [-0.2, -0.15) is 5.10 Å². The van der Waals surface area contributed by atoms with Crippen molar-refractivity contribution >= 4 is 5.91 Å². The fourth-order valence-corrected chi connectivity index (χ4v) is 1.79. The number of aromatic nitrogens is 2. The van der Waals surface area contributed by atoms with Crippen LogP contribution in [0.25, 0.3) is 0 Å². The van der Waals surface area contributed by atoms with Crippen LogP contribution in [0.15, 0.2) is 42.7 Å². The van der Waals surface area contributed by atoms with Crippen molar-refractivity contribution in [2.75, 3.05) is 13.6 Å². The van der Waals surface area contributed by atoms with Crippen LogP contribution < -0.4 is 10.6 Å². The van der Waals surface area contributed by atoms with E-state index >= 15 is 0 Å². The van der Waals surface area contributed by atoms with Crippen molar-refractivity contribution in [1.82, 2.24) is 20.4 Å². The van der Waals surface area contributed by atoms with E-state index in [2.05, 4.69) is 15.7 Å². The third-order valence-corrected chi connectivity index (χ3v) is 3.14. The smallest absolute Gasteiger partial charge is 0.254 e. The zero-order valence-corrected chi connectivity index (χ0v) is 11.8. The maximum absolute atomic E-state index is 11.9. The normalized spacial score (nSPS) is 12.1. The Morgan fingerprint density at radius 3 is 2.80 bits per heavy atom. The summed E-state index contributed by atoms with van der Waals surface area (Å²) in [6.45, 7) is 3.28. The van der Waals surface area contributed by atoms with Crippen molar-refractivity contribution in [3.63, 3.8) is 0 Å². The number of nitrogens with one attached hydrogen (secondary N) is 2. The van der Waals surface area contributed by atoms with E-state index in [4.69, 9.17) is 0 Å². The number of hydrogen-bond acceptors (Lipinski definition) is 3. The lowest BCUT2D eigenvalue weighted by Gasteiger charge is -2.10. The molecular formula is C15H20N4O. The minimum atomic E-state index is -0.0913. The molecule has 1 aromatic heterocycles. The van der Waals surface area contributed by atoms with Crippen LogP contribution in [0, 0.1) is 0 Å². The van der Waals surface area contributed by atoms with E-state index in [1.165, 1.54) is 0 Å². The first-order chi connectivity index (χ1) is 9.69. The molecule has 0 aliphatic carbocycles. The van der Waals surface area contributed by atoms with Gasteiger partial charge in [-0.1, -0.05) is 30.3 Å². The fraction of sp³-hybridized carbons (Fsp3) is 0.333. The minimum Gasteiger partial charge on any atom is -0.350 e. The molecule has 2 aromatic rings. The molecule has 0 aliphatic rings. The molecule has 1 heterocycles. The van der Waals surface area contributed by atoms with Gasteiger partial charge in [0.05, 0.1) is 18.3 Å². The number of carbonyl (C=O) groups is 1. The highest BCUT2D eigenvalue weighted by Gasteiger charge is 2.09. The highest BCUT2D eigenvalue weighted by atomic mass is 16.1. The van der Waals surface area contributed by atoms with E-state index in [0.717, 1.165) is 5.56 Å². The summed E-state index contributed by atoms with van der Waals surface area (Å²) in [5.74, 6) is -0.0913. The lowest BCUT2D eigenvalue weighted by Crippen LogP contribution is -2.37. The van der Waals surface area contributed by atoms with E-state index < -0.39 is 0 Å². The summed E-state index contributed by atoms with van der Waals surface area (Å²) in [5, 5.41) is 10.2. The number of carbonyl (C=O) groups excluding carboxylic acids is 1. The SMILES string of the molecule is CNC(C)CNC(=O)c1cnn(Cc2ccccc2)c1. The molecule has 0 radical (unpaired) electrons. The molecule has 0 spiro atoms. The van der Waals surface area contributed by atoms with Gasteiger partial charge in [0.25, 0.3) is 5.91 Å². The van der Waals surface area contributed by atoms with Crippen molar-refractivity contribution in [2.24, 2.45) is 0 Å². The number of nitrogens with zero attached hydrogens (tertiary/aromatic N) is 2. The Morgan fingerprint density at radius 1 is 1.35 bits per heavy atom. The van der Waals surface area contributed by atoms with E-state index in [9.17, 15) is 4.79 Å². The Hall–Kier alpha value is -2.14. The summed E-state index contributed by atoms with van der Waals surface area (Å²) >= 11 is 0. The highest BCUT2D eigenvalue weighted by molar-refractivity contribution is 5.93. The molecule has 0 saturated heterocycles. The summed E-state index contributed by atoms with van der Waals surface area (Å²) in [7, 11) is 1.87. The first-order valence-electron chi connectivity index (χ1n) is 6.71. The second kappa shape index (κ2) is 6.86. The molecule has 0 aliphatic heterocycles. The minimum absolute atomic E-state index is 0.0913. The molecule has 20 heavy (non-hydrogen) atoms. The molecule has 106 valence electrons. The van der Waals surface area contributed by atoms with Gasteiger partial charge in [-0.05, 0) is 19.5 Å². The van der Waals surface area contributed by atoms with Crippen LogP contribution in [0.3, 0.4) is 0 Å². The van der Waals surface area contributed by atoms with Crippen LogP contribution in [0.5, 0.6) is 0 Å². The van der Waals surface area contributed by atoms with Gasteiger partial charge in [0, 0.05) is 18.8 Å². The second-order valence-corrected chi connectivity index (χ2v) is 4.81. The van der Waals surface area contributed by atoms with Crippen molar-refractivity contribution in [3.8, 4) is 0 Å². The van der Waals surface area contributed by atoms with Crippen LogP contribution in [0.1, 0.15) is 22.8 Å². The number of benzene rings is 1. The third kappa shape index (κ3) is 3.93. The molecule has 5 nitrogen and oxygen atoms in total. The zero-order chi connectivity index (χ0) is 14.4. The van der Waals surface area contributed by atoms with E-state index in [1.807, 2.05) is 44.3 Å². The van der Waals surface area contributed by atoms with Gasteiger partial charge >= 0.3 is 0 Å². The van der Waals surface area contributed by atoms with Crippen LogP contribution in [-0.4, -0.2) is 35.3 Å². The standard InChI is InChI=1S/C15H20N4O/c1-12(16-2)8-17-15(20)14-9-18-19(11-14)10-13-6-4-3-5-7-13/h3-7,9,11-12,16H,8,10H2,1-2H3,(H,17,20). The van der Waals surface area contributed by atoms with E-state index in [0.29, 0.717) is 18.7 Å². The van der Waals surface area contributed by atoms with Gasteiger partial charge in [-0.25, -0.2) is 0 Å². The number of hydrogen-bond donors (Lipinski definition) is 2. The highest BCUT2D eigenvalue weighted by Crippen LogP contribution is 2.04. The Labute approximate surface area is 119 Å². The van der Waals surface area contributed by atoms with Gasteiger partial charge in [0.1, 0.15) is 0 Å². The van der Waals surface area contributed by atoms with Gasteiger partial charge in [-0.15, -0.1) is 0 Å². The van der Waals surface area contributed by atoms with E-state index in [-0.39, 0.29) is 11.9 Å². The monoisotopic (exact) mass is 272 g/mol. The fourth-order valence-electron chi connectivity index (χ4n) is 1.79. The molecule has 2 N–H and O–H groups in total. The Balaban J connectivity index is 1.93. The molecular weight excluding hydrogens is 252 g/mol. The largest absolute Gasteiger partial charge is 0.350 e. The average Bonchev–Trinajstić information content (AvgIpc) is 2.94. The zero-order valence-electron chi connectivity index (χ0n) is 11.8. The van der Waals surface area contributed by atoms with Gasteiger partial charge in [0.2, 0.25) is 0 Å². The van der Waals surface area contributed by atoms with Crippen LogP contribution >= 0.6 is 0 Å². The van der Waals surface area contributed by atoms with E-state index in [1.54, 1.807) is 17.1 Å². The number of likely N-dealkylation sites (N-methyl/N-ethyl adjacent to an activating group) is 1. The molecule has 5 heteroatoms. The van der Waals surface area contributed by atoms with Crippen molar-refractivity contribution in [3.05, 3.63) is 53.9 Å².